The van der Waals surface area contributed by atoms with Gasteiger partial charge < -0.3 is 5.11 Å². The smallest absolute Gasteiger partial charge is 0.336 e. The molecule has 130 valence electrons. The molecule has 0 spiro atoms. The lowest BCUT2D eigenvalue weighted by Crippen LogP contribution is -2.07. The van der Waals surface area contributed by atoms with E-state index < -0.39 is 47.3 Å². The quantitative estimate of drug-likeness (QED) is 0.561. The molecule has 9 nitrogen and oxygen atoms in total. The van der Waals surface area contributed by atoms with E-state index in [0.717, 1.165) is 24.3 Å². The molecule has 0 unspecified atom stereocenters. The van der Waals surface area contributed by atoms with Crippen LogP contribution in [0.15, 0.2) is 40.1 Å². The first-order valence-corrected chi connectivity index (χ1v) is 9.34. The predicted octanol–water partition coefficient (Wildman–Crippen LogP) is 1.09. The zero-order valence-corrected chi connectivity index (χ0v) is 13.6. The molecule has 0 heterocycles. The number of aromatic carboxylic acids is 1. The van der Waals surface area contributed by atoms with Gasteiger partial charge in [0, 0.05) is 16.7 Å². The van der Waals surface area contributed by atoms with Gasteiger partial charge >= 0.3 is 5.97 Å². The van der Waals surface area contributed by atoms with Gasteiger partial charge in [0.2, 0.25) is 0 Å². The summed E-state index contributed by atoms with van der Waals surface area (Å²) in [5.41, 5.74) is -1.08. The second-order valence-electron chi connectivity index (χ2n) is 5.19. The highest BCUT2D eigenvalue weighted by Gasteiger charge is 2.34. The van der Waals surface area contributed by atoms with Crippen molar-refractivity contribution in [3.8, 4) is 11.1 Å². The Hall–Kier alpha value is -2.60. The Morgan fingerprint density at radius 3 is 1.88 bits per heavy atom. The van der Waals surface area contributed by atoms with Crippen molar-refractivity contribution < 1.29 is 40.6 Å². The minimum atomic E-state index is -4.77. The molecule has 11 heteroatoms. The van der Waals surface area contributed by atoms with Crippen molar-refractivity contribution in [1.29, 1.82) is 0 Å². The number of hydrogen-bond donors (Lipinski definition) is 3. The third-order valence-corrected chi connectivity index (χ3v) is 5.37. The molecule has 0 radical (unpaired) electrons. The number of carbonyl (C=O) groups is 2. The minimum Gasteiger partial charge on any atom is -0.478 e. The maximum absolute atomic E-state index is 12.5. The fourth-order valence-electron chi connectivity index (χ4n) is 2.64. The van der Waals surface area contributed by atoms with Gasteiger partial charge in [-0.3, -0.25) is 13.9 Å². The van der Waals surface area contributed by atoms with Gasteiger partial charge in [-0.2, -0.15) is 16.8 Å². The molecule has 0 saturated carbocycles. The van der Waals surface area contributed by atoms with E-state index >= 15 is 0 Å². The summed E-state index contributed by atoms with van der Waals surface area (Å²) in [7, 11) is -9.37. The van der Waals surface area contributed by atoms with Crippen LogP contribution in [0, 0.1) is 0 Å². The SMILES string of the molecule is O=C(O)c1cc(S(=O)(=O)O)cc2c1-c1ccc(S(=O)(=O)O)cc1C2=O. The van der Waals surface area contributed by atoms with E-state index in [4.69, 9.17) is 9.11 Å². The molecule has 0 amide bonds. The fourth-order valence-corrected chi connectivity index (χ4v) is 3.68. The molecule has 0 saturated heterocycles. The molecule has 0 atom stereocenters. The topological polar surface area (TPSA) is 163 Å². The highest BCUT2D eigenvalue weighted by molar-refractivity contribution is 7.86. The lowest BCUT2D eigenvalue weighted by Gasteiger charge is -2.07. The van der Waals surface area contributed by atoms with Crippen LogP contribution >= 0.6 is 0 Å². The Labute approximate surface area is 141 Å². The van der Waals surface area contributed by atoms with E-state index in [-0.39, 0.29) is 22.3 Å². The largest absolute Gasteiger partial charge is 0.478 e. The van der Waals surface area contributed by atoms with Crippen LogP contribution in [0.5, 0.6) is 0 Å². The normalized spacial score (nSPS) is 13.4. The first-order chi connectivity index (χ1) is 11.4. The molecule has 3 N–H and O–H groups in total. The number of rotatable bonds is 3. The number of fused-ring (bicyclic) bond motifs is 3. The van der Waals surface area contributed by atoms with Crippen molar-refractivity contribution in [2.75, 3.05) is 0 Å². The average Bonchev–Trinajstić information content (AvgIpc) is 2.77. The van der Waals surface area contributed by atoms with Gasteiger partial charge in [0.1, 0.15) is 0 Å². The van der Waals surface area contributed by atoms with Crippen molar-refractivity contribution in [2.24, 2.45) is 0 Å². The fraction of sp³-hybridized carbons (Fsp3) is 0. The Morgan fingerprint density at radius 2 is 1.36 bits per heavy atom. The Balaban J connectivity index is 2.39. The minimum absolute atomic E-state index is 0.0756. The summed E-state index contributed by atoms with van der Waals surface area (Å²) >= 11 is 0. The van der Waals surface area contributed by atoms with Crippen LogP contribution in [0.4, 0.5) is 0 Å². The number of benzene rings is 2. The van der Waals surface area contributed by atoms with E-state index in [2.05, 4.69) is 0 Å². The Bertz CT molecular complexity index is 1180. The van der Waals surface area contributed by atoms with Crippen LogP contribution in [-0.4, -0.2) is 42.8 Å². The molecule has 0 aliphatic heterocycles. The van der Waals surface area contributed by atoms with Crippen LogP contribution in [0.1, 0.15) is 26.3 Å². The second kappa shape index (κ2) is 5.20. The maximum Gasteiger partial charge on any atom is 0.336 e. The lowest BCUT2D eigenvalue weighted by atomic mass is 9.99. The number of hydrogen-bond acceptors (Lipinski definition) is 6. The molecular formula is C14H8O9S2. The van der Waals surface area contributed by atoms with E-state index in [1.54, 1.807) is 0 Å². The third kappa shape index (κ3) is 2.72. The molecular weight excluding hydrogens is 376 g/mol. The maximum atomic E-state index is 12.5. The van der Waals surface area contributed by atoms with Crippen LogP contribution < -0.4 is 0 Å². The summed E-state index contributed by atoms with van der Waals surface area (Å²) in [5, 5.41) is 9.31. The molecule has 25 heavy (non-hydrogen) atoms. The first kappa shape index (κ1) is 17.2. The summed E-state index contributed by atoms with van der Waals surface area (Å²) < 4.78 is 63.3. The van der Waals surface area contributed by atoms with Gasteiger partial charge in [-0.05, 0) is 29.8 Å². The van der Waals surface area contributed by atoms with E-state index in [1.807, 2.05) is 0 Å². The molecule has 2 aromatic carbocycles. The number of carboxylic acids is 1. The van der Waals surface area contributed by atoms with Crippen LogP contribution in [-0.2, 0) is 20.2 Å². The summed E-state index contributed by atoms with van der Waals surface area (Å²) in [6.07, 6.45) is 0. The molecule has 1 aliphatic rings. The zero-order chi connectivity index (χ0) is 18.7. The first-order valence-electron chi connectivity index (χ1n) is 6.46. The standard InChI is InChI=1S/C14H8O9S2/c15-13-9-3-6(24(18,19)20)1-2-8(9)12-10(13)4-7(25(21,22)23)5-11(12)14(16)17/h1-5H,(H,16,17)(H,18,19,20)(H,21,22,23). The number of carbonyl (C=O) groups excluding carboxylic acids is 1. The summed E-state index contributed by atoms with van der Waals surface area (Å²) in [6, 6.07) is 4.51. The number of carboxylic acid groups (broad SMARTS) is 1. The number of ketones is 1. The van der Waals surface area contributed by atoms with Gasteiger partial charge in [0.25, 0.3) is 20.2 Å². The molecule has 0 bridgehead atoms. The highest BCUT2D eigenvalue weighted by atomic mass is 32.2. The molecule has 1 aliphatic carbocycles. The van der Waals surface area contributed by atoms with Crippen molar-refractivity contribution in [1.82, 2.24) is 0 Å². The zero-order valence-electron chi connectivity index (χ0n) is 12.0. The van der Waals surface area contributed by atoms with Crippen LogP contribution in [0.2, 0.25) is 0 Å². The van der Waals surface area contributed by atoms with E-state index in [0.29, 0.717) is 6.07 Å². The van der Waals surface area contributed by atoms with Crippen LogP contribution in [0.25, 0.3) is 11.1 Å². The van der Waals surface area contributed by atoms with Gasteiger partial charge in [-0.15, -0.1) is 0 Å². The Morgan fingerprint density at radius 1 is 0.800 bits per heavy atom. The molecule has 2 aromatic rings. The third-order valence-electron chi connectivity index (χ3n) is 3.69. The molecule has 3 rings (SSSR count). The predicted molar refractivity (Wildman–Crippen MR) is 81.9 cm³/mol. The summed E-state index contributed by atoms with van der Waals surface area (Å²) in [4.78, 5) is 22.6. The van der Waals surface area contributed by atoms with Gasteiger partial charge in [0.15, 0.2) is 5.78 Å². The molecule has 0 aromatic heterocycles. The van der Waals surface area contributed by atoms with Crippen LogP contribution in [0.3, 0.4) is 0 Å². The van der Waals surface area contributed by atoms with E-state index in [9.17, 15) is 31.5 Å². The monoisotopic (exact) mass is 384 g/mol. The van der Waals surface area contributed by atoms with Crippen molar-refractivity contribution in [2.45, 2.75) is 9.79 Å². The van der Waals surface area contributed by atoms with Gasteiger partial charge in [-0.1, -0.05) is 6.07 Å². The highest BCUT2D eigenvalue weighted by Crippen LogP contribution is 2.41. The van der Waals surface area contributed by atoms with Crippen molar-refractivity contribution >= 4 is 32.0 Å². The van der Waals surface area contributed by atoms with Gasteiger partial charge in [-0.25, -0.2) is 4.79 Å². The lowest BCUT2D eigenvalue weighted by molar-refractivity contribution is 0.0697. The van der Waals surface area contributed by atoms with Crippen molar-refractivity contribution in [3.05, 3.63) is 47.0 Å². The second-order valence-corrected chi connectivity index (χ2v) is 8.03. The average molecular weight is 384 g/mol. The summed E-state index contributed by atoms with van der Waals surface area (Å²) in [6.45, 7) is 0. The van der Waals surface area contributed by atoms with Gasteiger partial charge in [0.05, 0.1) is 15.4 Å². The van der Waals surface area contributed by atoms with E-state index in [1.165, 1.54) is 0 Å². The molecule has 0 fully saturated rings. The summed E-state index contributed by atoms with van der Waals surface area (Å²) in [5.74, 6) is -2.37. The Kier molecular flexibility index (Phi) is 3.58. The van der Waals surface area contributed by atoms with Crippen molar-refractivity contribution in [3.63, 3.8) is 0 Å².